The van der Waals surface area contributed by atoms with Crippen LogP contribution in [-0.2, 0) is 11.2 Å². The lowest BCUT2D eigenvalue weighted by Gasteiger charge is -2.26. The van der Waals surface area contributed by atoms with Gasteiger partial charge in [0.25, 0.3) is 0 Å². The Labute approximate surface area is 157 Å². The number of hydrogen-bond donors (Lipinski definition) is 2. The van der Waals surface area contributed by atoms with Gasteiger partial charge in [-0.25, -0.2) is 4.99 Å². The number of ether oxygens (including phenoxy) is 1. The van der Waals surface area contributed by atoms with Gasteiger partial charge in [0.1, 0.15) is 5.84 Å². The fourth-order valence-electron chi connectivity index (χ4n) is 3.38. The molecule has 2 aromatic heterocycles. The average Bonchev–Trinajstić information content (AvgIpc) is 3.33. The molecule has 0 atom stereocenters. The van der Waals surface area contributed by atoms with Gasteiger partial charge in [-0.1, -0.05) is 6.07 Å². The SMILES string of the molecule is NC(=Nc1ccc2[nH]cc(CCCN3CCOCC3)c2c1)c1cccs1. The highest BCUT2D eigenvalue weighted by atomic mass is 32.1. The third kappa shape index (κ3) is 3.98. The van der Waals surface area contributed by atoms with Crippen molar-refractivity contribution >= 4 is 33.8 Å². The second-order valence-corrected chi connectivity index (χ2v) is 7.52. The lowest BCUT2D eigenvalue weighted by molar-refractivity contribution is 0.0375. The van der Waals surface area contributed by atoms with E-state index in [0.717, 1.165) is 61.8 Å². The van der Waals surface area contributed by atoms with Gasteiger partial charge in [0.05, 0.1) is 23.8 Å². The minimum atomic E-state index is 0.573. The van der Waals surface area contributed by atoms with E-state index in [1.54, 1.807) is 11.3 Å². The molecular formula is C20H24N4OS. The monoisotopic (exact) mass is 368 g/mol. The van der Waals surface area contributed by atoms with Crippen LogP contribution in [0.2, 0.25) is 0 Å². The minimum absolute atomic E-state index is 0.573. The van der Waals surface area contributed by atoms with Crippen molar-refractivity contribution in [2.24, 2.45) is 10.7 Å². The summed E-state index contributed by atoms with van der Waals surface area (Å²) in [5, 5.41) is 3.26. The van der Waals surface area contributed by atoms with E-state index in [1.165, 1.54) is 10.9 Å². The van der Waals surface area contributed by atoms with Crippen LogP contribution >= 0.6 is 11.3 Å². The van der Waals surface area contributed by atoms with Crippen molar-refractivity contribution in [3.05, 3.63) is 52.3 Å². The minimum Gasteiger partial charge on any atom is -0.383 e. The van der Waals surface area contributed by atoms with E-state index in [4.69, 9.17) is 10.5 Å². The number of thiophene rings is 1. The zero-order valence-electron chi connectivity index (χ0n) is 14.8. The molecule has 5 nitrogen and oxygen atoms in total. The number of aromatic amines is 1. The number of aryl methyl sites for hydroxylation is 1. The van der Waals surface area contributed by atoms with E-state index in [1.807, 2.05) is 23.6 Å². The van der Waals surface area contributed by atoms with Gasteiger partial charge >= 0.3 is 0 Å². The van der Waals surface area contributed by atoms with Crippen molar-refractivity contribution in [3.63, 3.8) is 0 Å². The predicted octanol–water partition coefficient (Wildman–Crippen LogP) is 3.53. The second kappa shape index (κ2) is 8.03. The Bertz CT molecular complexity index is 878. The Kier molecular flexibility index (Phi) is 5.34. The van der Waals surface area contributed by atoms with Crippen LogP contribution in [0.1, 0.15) is 16.9 Å². The molecule has 3 aromatic rings. The molecule has 0 aliphatic carbocycles. The standard InChI is InChI=1S/C20H24N4OS/c21-20(19-4-2-12-26-19)23-16-5-6-18-17(13-16)15(14-22-18)3-1-7-24-8-10-25-11-9-24/h2,4-6,12-14,22H,1,3,7-11H2,(H2,21,23). The summed E-state index contributed by atoms with van der Waals surface area (Å²) in [7, 11) is 0. The number of aliphatic imine (C=N–C) groups is 1. The molecule has 1 fully saturated rings. The van der Waals surface area contributed by atoms with Gasteiger partial charge in [-0.05, 0) is 54.6 Å². The molecule has 4 rings (SSSR count). The molecule has 1 saturated heterocycles. The lowest BCUT2D eigenvalue weighted by Crippen LogP contribution is -2.36. The molecule has 3 N–H and O–H groups in total. The number of nitrogens with two attached hydrogens (primary N) is 1. The topological polar surface area (TPSA) is 66.6 Å². The highest BCUT2D eigenvalue weighted by molar-refractivity contribution is 7.12. The first-order valence-electron chi connectivity index (χ1n) is 9.08. The summed E-state index contributed by atoms with van der Waals surface area (Å²) >= 11 is 1.61. The van der Waals surface area contributed by atoms with Crippen molar-refractivity contribution in [2.75, 3.05) is 32.8 Å². The fraction of sp³-hybridized carbons (Fsp3) is 0.350. The molecule has 1 aliphatic heterocycles. The maximum atomic E-state index is 6.13. The molecule has 0 bridgehead atoms. The van der Waals surface area contributed by atoms with Gasteiger partial charge in [0.15, 0.2) is 0 Å². The number of amidine groups is 1. The number of H-pyrrole nitrogens is 1. The zero-order chi connectivity index (χ0) is 17.8. The van der Waals surface area contributed by atoms with E-state index in [2.05, 4.69) is 33.2 Å². The number of rotatable bonds is 6. The van der Waals surface area contributed by atoms with Gasteiger partial charge in [0.2, 0.25) is 0 Å². The molecule has 0 spiro atoms. The summed E-state index contributed by atoms with van der Waals surface area (Å²) in [4.78, 5) is 11.5. The summed E-state index contributed by atoms with van der Waals surface area (Å²) in [6.45, 7) is 4.95. The number of benzene rings is 1. The van der Waals surface area contributed by atoms with Gasteiger partial charge in [-0.2, -0.15) is 0 Å². The Morgan fingerprint density at radius 2 is 2.15 bits per heavy atom. The van der Waals surface area contributed by atoms with Crippen molar-refractivity contribution in [1.29, 1.82) is 0 Å². The van der Waals surface area contributed by atoms with Gasteiger partial charge in [0, 0.05) is 30.2 Å². The first-order valence-corrected chi connectivity index (χ1v) is 9.96. The van der Waals surface area contributed by atoms with Crippen LogP contribution in [0, 0.1) is 0 Å². The van der Waals surface area contributed by atoms with E-state index < -0.39 is 0 Å². The molecule has 26 heavy (non-hydrogen) atoms. The zero-order valence-corrected chi connectivity index (χ0v) is 15.6. The summed E-state index contributed by atoms with van der Waals surface area (Å²) < 4.78 is 5.41. The predicted molar refractivity (Wildman–Crippen MR) is 109 cm³/mol. The Balaban J connectivity index is 1.46. The van der Waals surface area contributed by atoms with E-state index in [0.29, 0.717) is 5.84 Å². The summed E-state index contributed by atoms with van der Waals surface area (Å²) in [6, 6.07) is 10.2. The Morgan fingerprint density at radius 1 is 1.27 bits per heavy atom. The van der Waals surface area contributed by atoms with E-state index >= 15 is 0 Å². The number of nitrogens with zero attached hydrogens (tertiary/aromatic N) is 2. The summed E-state index contributed by atoms with van der Waals surface area (Å²) in [5.74, 6) is 0.573. The molecule has 3 heterocycles. The van der Waals surface area contributed by atoms with Crippen molar-refractivity contribution in [1.82, 2.24) is 9.88 Å². The first-order chi connectivity index (χ1) is 12.8. The third-order valence-electron chi connectivity index (χ3n) is 4.80. The largest absolute Gasteiger partial charge is 0.383 e. The highest BCUT2D eigenvalue weighted by Gasteiger charge is 2.11. The van der Waals surface area contributed by atoms with Crippen molar-refractivity contribution in [3.8, 4) is 0 Å². The van der Waals surface area contributed by atoms with Gasteiger partial charge in [-0.15, -0.1) is 11.3 Å². The van der Waals surface area contributed by atoms with E-state index in [-0.39, 0.29) is 0 Å². The molecule has 136 valence electrons. The third-order valence-corrected chi connectivity index (χ3v) is 5.69. The number of aromatic nitrogens is 1. The van der Waals surface area contributed by atoms with Crippen LogP contribution in [0.4, 0.5) is 5.69 Å². The van der Waals surface area contributed by atoms with E-state index in [9.17, 15) is 0 Å². The maximum absolute atomic E-state index is 6.13. The molecular weight excluding hydrogens is 344 g/mol. The molecule has 0 amide bonds. The normalized spacial score (nSPS) is 16.4. The van der Waals surface area contributed by atoms with Crippen LogP contribution in [0.5, 0.6) is 0 Å². The molecule has 1 aromatic carbocycles. The van der Waals surface area contributed by atoms with Crippen LogP contribution < -0.4 is 5.73 Å². The average molecular weight is 369 g/mol. The molecule has 0 saturated carbocycles. The smallest absolute Gasteiger partial charge is 0.141 e. The van der Waals surface area contributed by atoms with Crippen LogP contribution in [0.3, 0.4) is 0 Å². The van der Waals surface area contributed by atoms with Gasteiger partial charge < -0.3 is 15.5 Å². The number of hydrogen-bond acceptors (Lipinski definition) is 4. The van der Waals surface area contributed by atoms with Crippen molar-refractivity contribution in [2.45, 2.75) is 12.8 Å². The van der Waals surface area contributed by atoms with Crippen molar-refractivity contribution < 1.29 is 4.74 Å². The highest BCUT2D eigenvalue weighted by Crippen LogP contribution is 2.25. The van der Waals surface area contributed by atoms with Crippen LogP contribution in [0.25, 0.3) is 10.9 Å². The number of morpholine rings is 1. The maximum Gasteiger partial charge on any atom is 0.141 e. The summed E-state index contributed by atoms with van der Waals surface area (Å²) in [5.41, 5.74) is 9.53. The van der Waals surface area contributed by atoms with Crippen LogP contribution in [0.15, 0.2) is 46.9 Å². The summed E-state index contributed by atoms with van der Waals surface area (Å²) in [6.07, 6.45) is 4.34. The molecule has 0 unspecified atom stereocenters. The number of fused-ring (bicyclic) bond motifs is 1. The quantitative estimate of drug-likeness (QED) is 0.517. The lowest BCUT2D eigenvalue weighted by atomic mass is 10.1. The van der Waals surface area contributed by atoms with Gasteiger partial charge in [-0.3, -0.25) is 4.90 Å². The van der Waals surface area contributed by atoms with Crippen LogP contribution in [-0.4, -0.2) is 48.6 Å². The molecule has 6 heteroatoms. The number of nitrogens with one attached hydrogen (secondary N) is 1. The molecule has 1 aliphatic rings. The Hall–Kier alpha value is -2.15. The second-order valence-electron chi connectivity index (χ2n) is 6.58. The fourth-order valence-corrected chi connectivity index (χ4v) is 4.01. The molecule has 0 radical (unpaired) electrons. The Morgan fingerprint density at radius 3 is 2.96 bits per heavy atom. The first kappa shape index (κ1) is 17.3.